The molecule has 128 valence electrons. The normalized spacial score (nSPS) is 24.8. The van der Waals surface area contributed by atoms with Crippen LogP contribution >= 0.6 is 0 Å². The second kappa shape index (κ2) is 7.04. The first-order chi connectivity index (χ1) is 11.1. The topological polar surface area (TPSA) is 55.8 Å². The van der Waals surface area contributed by atoms with Gasteiger partial charge in [-0.1, -0.05) is 12.8 Å². The molecule has 0 aromatic heterocycles. The van der Waals surface area contributed by atoms with Crippen molar-refractivity contribution >= 4 is 11.9 Å². The van der Waals surface area contributed by atoms with Crippen molar-refractivity contribution in [2.24, 2.45) is 0 Å². The monoisotopic (exact) mass is 321 g/mol. The summed E-state index contributed by atoms with van der Waals surface area (Å²) in [5.74, 6) is -0.706. The molecule has 0 radical (unpaired) electrons. The summed E-state index contributed by atoms with van der Waals surface area (Å²) in [7, 11) is 0. The molecule has 1 aliphatic carbocycles. The van der Waals surface area contributed by atoms with Crippen molar-refractivity contribution in [3.63, 3.8) is 0 Å². The molecule has 0 bridgehead atoms. The van der Waals surface area contributed by atoms with Gasteiger partial charge in [-0.05, 0) is 58.5 Å². The number of carbonyl (C=O) groups excluding carboxylic acids is 2. The number of hydrogen-bond donors (Lipinski definition) is 0. The summed E-state index contributed by atoms with van der Waals surface area (Å²) < 4.78 is 11.1. The summed E-state index contributed by atoms with van der Waals surface area (Å²) in [6.45, 7) is 5.03. The third-order valence-electron chi connectivity index (χ3n) is 5.38. The standard InChI is InChI=1S/C18H27NO4/c1-14-15(18(23-16(14)20)8-4-2-5-9-18)17(21)22-13-12-19-10-6-3-7-11-19/h2-13H2,1H3. The highest BCUT2D eigenvalue weighted by atomic mass is 16.6. The first-order valence-electron chi connectivity index (χ1n) is 8.97. The van der Waals surface area contributed by atoms with E-state index >= 15 is 0 Å². The third kappa shape index (κ3) is 3.44. The molecule has 1 saturated heterocycles. The van der Waals surface area contributed by atoms with Gasteiger partial charge in [0, 0.05) is 12.1 Å². The Morgan fingerprint density at radius 3 is 2.48 bits per heavy atom. The zero-order chi connectivity index (χ0) is 16.3. The van der Waals surface area contributed by atoms with Gasteiger partial charge < -0.3 is 9.47 Å². The van der Waals surface area contributed by atoms with Gasteiger partial charge in [0.1, 0.15) is 12.2 Å². The first kappa shape index (κ1) is 16.5. The Morgan fingerprint density at radius 1 is 1.13 bits per heavy atom. The summed E-state index contributed by atoms with van der Waals surface area (Å²) in [4.78, 5) is 26.9. The van der Waals surface area contributed by atoms with Gasteiger partial charge in [0.25, 0.3) is 0 Å². The maximum Gasteiger partial charge on any atom is 0.338 e. The molecular formula is C18H27NO4. The molecule has 5 nitrogen and oxygen atoms in total. The average molecular weight is 321 g/mol. The smallest absolute Gasteiger partial charge is 0.338 e. The molecule has 0 aromatic rings. The Balaban J connectivity index is 1.61. The van der Waals surface area contributed by atoms with Gasteiger partial charge in [-0.2, -0.15) is 0 Å². The number of ether oxygens (including phenoxy) is 2. The van der Waals surface area contributed by atoms with Crippen LogP contribution in [0.3, 0.4) is 0 Å². The van der Waals surface area contributed by atoms with E-state index in [1.807, 2.05) is 0 Å². The van der Waals surface area contributed by atoms with Crippen molar-refractivity contribution in [2.75, 3.05) is 26.2 Å². The van der Waals surface area contributed by atoms with Gasteiger partial charge >= 0.3 is 11.9 Å². The summed E-state index contributed by atoms with van der Waals surface area (Å²) in [5.41, 5.74) is 0.220. The Kier molecular flexibility index (Phi) is 5.05. The van der Waals surface area contributed by atoms with Gasteiger partial charge in [0.15, 0.2) is 0 Å². The number of esters is 2. The van der Waals surface area contributed by atoms with Crippen molar-refractivity contribution in [3.05, 3.63) is 11.1 Å². The van der Waals surface area contributed by atoms with E-state index in [2.05, 4.69) is 4.90 Å². The molecule has 1 saturated carbocycles. The van der Waals surface area contributed by atoms with Crippen LogP contribution in [0.2, 0.25) is 0 Å². The highest BCUT2D eigenvalue weighted by Gasteiger charge is 2.50. The summed E-state index contributed by atoms with van der Waals surface area (Å²) >= 11 is 0. The van der Waals surface area contributed by atoms with E-state index in [0.29, 0.717) is 17.8 Å². The molecule has 3 rings (SSSR count). The minimum atomic E-state index is -0.707. The Labute approximate surface area is 138 Å². The molecule has 0 unspecified atom stereocenters. The van der Waals surface area contributed by atoms with E-state index in [-0.39, 0.29) is 11.9 Å². The molecule has 1 spiro atoms. The van der Waals surface area contributed by atoms with Crippen LogP contribution in [-0.4, -0.2) is 48.7 Å². The van der Waals surface area contributed by atoms with Crippen LogP contribution in [0.5, 0.6) is 0 Å². The molecule has 0 amide bonds. The number of piperidine rings is 1. The second-order valence-corrected chi connectivity index (χ2v) is 6.98. The van der Waals surface area contributed by atoms with Crippen molar-refractivity contribution in [1.82, 2.24) is 4.90 Å². The predicted octanol–water partition coefficient (Wildman–Crippen LogP) is 2.59. The molecule has 2 aliphatic heterocycles. The lowest BCUT2D eigenvalue weighted by Crippen LogP contribution is -2.38. The molecule has 2 fully saturated rings. The van der Waals surface area contributed by atoms with Crippen LogP contribution in [0.1, 0.15) is 58.3 Å². The van der Waals surface area contributed by atoms with Crippen LogP contribution in [0, 0.1) is 0 Å². The lowest BCUT2D eigenvalue weighted by atomic mass is 9.79. The minimum Gasteiger partial charge on any atom is -0.461 e. The Hall–Kier alpha value is -1.36. The number of rotatable bonds is 4. The van der Waals surface area contributed by atoms with Crippen molar-refractivity contribution < 1.29 is 19.1 Å². The van der Waals surface area contributed by atoms with Gasteiger partial charge in [-0.25, -0.2) is 9.59 Å². The minimum absolute atomic E-state index is 0.352. The molecule has 2 heterocycles. The number of likely N-dealkylation sites (tertiary alicyclic amines) is 1. The average Bonchev–Trinajstić information content (AvgIpc) is 2.79. The van der Waals surface area contributed by atoms with Crippen molar-refractivity contribution in [3.8, 4) is 0 Å². The lowest BCUT2D eigenvalue weighted by molar-refractivity contribution is -0.152. The fourth-order valence-corrected chi connectivity index (χ4v) is 4.09. The van der Waals surface area contributed by atoms with E-state index < -0.39 is 5.60 Å². The second-order valence-electron chi connectivity index (χ2n) is 6.98. The maximum atomic E-state index is 12.6. The number of nitrogens with zero attached hydrogens (tertiary/aromatic N) is 1. The third-order valence-corrected chi connectivity index (χ3v) is 5.38. The zero-order valence-corrected chi connectivity index (χ0v) is 14.1. The molecule has 3 aliphatic rings. The fraction of sp³-hybridized carbons (Fsp3) is 0.778. The van der Waals surface area contributed by atoms with Gasteiger partial charge in [0.05, 0.1) is 5.57 Å². The van der Waals surface area contributed by atoms with E-state index in [0.717, 1.165) is 51.7 Å². The van der Waals surface area contributed by atoms with Crippen LogP contribution in [0.25, 0.3) is 0 Å². The lowest BCUT2D eigenvalue weighted by Gasteiger charge is -2.33. The largest absolute Gasteiger partial charge is 0.461 e. The van der Waals surface area contributed by atoms with Crippen LogP contribution < -0.4 is 0 Å². The van der Waals surface area contributed by atoms with Gasteiger partial charge in [-0.15, -0.1) is 0 Å². The maximum absolute atomic E-state index is 12.6. The summed E-state index contributed by atoms with van der Waals surface area (Å²) in [6, 6.07) is 0. The predicted molar refractivity (Wildman–Crippen MR) is 85.9 cm³/mol. The van der Waals surface area contributed by atoms with Crippen LogP contribution in [0.15, 0.2) is 11.1 Å². The molecular weight excluding hydrogens is 294 g/mol. The van der Waals surface area contributed by atoms with Gasteiger partial charge in [0.2, 0.25) is 0 Å². The number of carbonyl (C=O) groups is 2. The Bertz CT molecular complexity index is 499. The first-order valence-corrected chi connectivity index (χ1v) is 8.97. The molecule has 23 heavy (non-hydrogen) atoms. The van der Waals surface area contributed by atoms with E-state index in [4.69, 9.17) is 9.47 Å². The molecule has 0 N–H and O–H groups in total. The van der Waals surface area contributed by atoms with E-state index in [1.54, 1.807) is 6.92 Å². The highest BCUT2D eigenvalue weighted by Crippen LogP contribution is 2.44. The fourth-order valence-electron chi connectivity index (χ4n) is 4.09. The zero-order valence-electron chi connectivity index (χ0n) is 14.1. The van der Waals surface area contributed by atoms with Gasteiger partial charge in [-0.3, -0.25) is 4.90 Å². The van der Waals surface area contributed by atoms with Crippen molar-refractivity contribution in [2.45, 2.75) is 63.9 Å². The van der Waals surface area contributed by atoms with Crippen LogP contribution in [0.4, 0.5) is 0 Å². The van der Waals surface area contributed by atoms with Crippen LogP contribution in [-0.2, 0) is 19.1 Å². The number of hydrogen-bond acceptors (Lipinski definition) is 5. The van der Waals surface area contributed by atoms with E-state index in [9.17, 15) is 9.59 Å². The summed E-state index contributed by atoms with van der Waals surface area (Å²) in [6.07, 6.45) is 8.35. The summed E-state index contributed by atoms with van der Waals surface area (Å²) in [5, 5.41) is 0. The molecule has 5 heteroatoms. The molecule has 0 aromatic carbocycles. The van der Waals surface area contributed by atoms with E-state index in [1.165, 1.54) is 19.3 Å². The SMILES string of the molecule is CC1=C(C(=O)OCCN2CCCCC2)C2(CCCCC2)OC1=O. The highest BCUT2D eigenvalue weighted by molar-refractivity contribution is 6.05. The quantitative estimate of drug-likeness (QED) is 0.745. The molecule has 0 atom stereocenters. The van der Waals surface area contributed by atoms with Crippen molar-refractivity contribution in [1.29, 1.82) is 0 Å². The Morgan fingerprint density at radius 2 is 1.78 bits per heavy atom.